The van der Waals surface area contributed by atoms with Gasteiger partial charge in [0.1, 0.15) is 0 Å². The number of amides is 1. The quantitative estimate of drug-likeness (QED) is 0.647. The van der Waals surface area contributed by atoms with Gasteiger partial charge in [0.2, 0.25) is 0 Å². The van der Waals surface area contributed by atoms with Crippen LogP contribution in [0.2, 0.25) is 0 Å². The van der Waals surface area contributed by atoms with Crippen LogP contribution in [0.3, 0.4) is 0 Å². The summed E-state index contributed by atoms with van der Waals surface area (Å²) in [5.41, 5.74) is 0.566. The molecule has 3 aromatic rings. The highest BCUT2D eigenvalue weighted by Gasteiger charge is 2.39. The average molecular weight is 377 g/mol. The van der Waals surface area contributed by atoms with Crippen LogP contribution in [0.15, 0.2) is 91.0 Å². The minimum absolute atomic E-state index is 0.0103. The number of nitrogens with one attached hydrogen (secondary N) is 1. The van der Waals surface area contributed by atoms with Crippen molar-refractivity contribution >= 4 is 23.7 Å². The zero-order valence-corrected chi connectivity index (χ0v) is 16.5. The smallest absolute Gasteiger partial charge is 0.251 e. The minimum atomic E-state index is -3.10. The van der Waals surface area contributed by atoms with Gasteiger partial charge in [0.05, 0.1) is 5.78 Å². The fourth-order valence-corrected chi connectivity index (χ4v) is 6.56. The van der Waals surface area contributed by atoms with Gasteiger partial charge in [-0.1, -0.05) is 92.7 Å². The molecule has 0 saturated carbocycles. The highest BCUT2D eigenvalue weighted by atomic mass is 31.2. The lowest BCUT2D eigenvalue weighted by Gasteiger charge is -2.32. The second kappa shape index (κ2) is 8.37. The van der Waals surface area contributed by atoms with Crippen LogP contribution in [0.5, 0.6) is 0 Å². The third kappa shape index (κ3) is 4.04. The summed E-state index contributed by atoms with van der Waals surface area (Å²) in [6.07, 6.45) is 0. The second-order valence-electron chi connectivity index (χ2n) is 6.86. The van der Waals surface area contributed by atoms with Gasteiger partial charge < -0.3 is 9.88 Å². The molecule has 0 radical (unpaired) electrons. The molecule has 1 unspecified atom stereocenters. The van der Waals surface area contributed by atoms with E-state index in [1.165, 1.54) is 0 Å². The first-order valence-corrected chi connectivity index (χ1v) is 10.9. The maximum atomic E-state index is 14.5. The van der Waals surface area contributed by atoms with Gasteiger partial charge in [-0.2, -0.15) is 0 Å². The van der Waals surface area contributed by atoms with Crippen molar-refractivity contribution in [1.29, 1.82) is 0 Å². The van der Waals surface area contributed by atoms with E-state index in [4.69, 9.17) is 0 Å². The molecule has 1 N–H and O–H groups in total. The summed E-state index contributed by atoms with van der Waals surface area (Å²) in [4.78, 5) is 12.8. The summed E-state index contributed by atoms with van der Waals surface area (Å²) in [6.45, 7) is 3.99. The number of carbonyl (C=O) groups excluding carboxylic acids is 1. The normalized spacial score (nSPS) is 12.6. The van der Waals surface area contributed by atoms with Gasteiger partial charge >= 0.3 is 0 Å². The van der Waals surface area contributed by atoms with Crippen molar-refractivity contribution in [2.45, 2.75) is 19.6 Å². The van der Waals surface area contributed by atoms with Crippen LogP contribution >= 0.6 is 7.14 Å². The van der Waals surface area contributed by atoms with Gasteiger partial charge in [-0.3, -0.25) is 4.79 Å². The van der Waals surface area contributed by atoms with Crippen LogP contribution in [0.1, 0.15) is 24.2 Å². The molecule has 1 amide bonds. The van der Waals surface area contributed by atoms with Crippen molar-refractivity contribution in [2.75, 3.05) is 0 Å². The van der Waals surface area contributed by atoms with Gasteiger partial charge in [-0.05, 0) is 18.1 Å². The van der Waals surface area contributed by atoms with E-state index in [0.29, 0.717) is 5.56 Å². The lowest BCUT2D eigenvalue weighted by atomic mass is 10.2. The van der Waals surface area contributed by atoms with Gasteiger partial charge in [0.15, 0.2) is 7.14 Å². The maximum Gasteiger partial charge on any atom is 0.251 e. The molecular formula is C23H24NO2P. The number of carbonyl (C=O) groups is 1. The van der Waals surface area contributed by atoms with Crippen molar-refractivity contribution in [3.8, 4) is 0 Å². The molecule has 0 heterocycles. The van der Waals surface area contributed by atoms with Crippen LogP contribution in [0.25, 0.3) is 0 Å². The molecule has 0 spiro atoms. The maximum absolute atomic E-state index is 14.5. The number of rotatable bonds is 6. The van der Waals surface area contributed by atoms with E-state index in [-0.39, 0.29) is 11.8 Å². The third-order valence-electron chi connectivity index (χ3n) is 4.62. The average Bonchev–Trinajstić information content (AvgIpc) is 2.73. The molecule has 1 atom stereocenters. The number of hydrogen-bond acceptors (Lipinski definition) is 2. The molecule has 0 aromatic heterocycles. The Labute approximate surface area is 160 Å². The molecule has 0 fully saturated rings. The van der Waals surface area contributed by atoms with E-state index in [2.05, 4.69) is 5.32 Å². The highest BCUT2D eigenvalue weighted by Crippen LogP contribution is 2.50. The number of benzene rings is 3. The zero-order valence-electron chi connectivity index (χ0n) is 15.6. The molecule has 27 heavy (non-hydrogen) atoms. The molecule has 3 aromatic carbocycles. The Morgan fingerprint density at radius 3 is 1.56 bits per heavy atom. The third-order valence-corrected chi connectivity index (χ3v) is 8.26. The summed E-state index contributed by atoms with van der Waals surface area (Å²) in [5.74, 6) is -0.722. The zero-order chi connectivity index (χ0) is 19.3. The lowest BCUT2D eigenvalue weighted by molar-refractivity contribution is 0.0941. The molecule has 3 rings (SSSR count). The Morgan fingerprint density at radius 1 is 0.741 bits per heavy atom. The van der Waals surface area contributed by atoms with Crippen LogP contribution in [-0.4, -0.2) is 11.7 Å². The van der Waals surface area contributed by atoms with Crippen LogP contribution in [0, 0.1) is 5.92 Å². The van der Waals surface area contributed by atoms with Crippen molar-refractivity contribution in [3.05, 3.63) is 96.6 Å². The van der Waals surface area contributed by atoms with Gasteiger partial charge in [-0.15, -0.1) is 0 Å². The summed E-state index contributed by atoms with van der Waals surface area (Å²) in [6, 6.07) is 28.0. The van der Waals surface area contributed by atoms with Gasteiger partial charge in [-0.25, -0.2) is 0 Å². The molecule has 0 saturated heterocycles. The summed E-state index contributed by atoms with van der Waals surface area (Å²) in [5, 5.41) is 4.57. The Morgan fingerprint density at radius 2 is 1.15 bits per heavy atom. The lowest BCUT2D eigenvalue weighted by Crippen LogP contribution is -2.43. The molecule has 138 valence electrons. The Hall–Kier alpha value is -2.64. The molecule has 4 heteroatoms. The van der Waals surface area contributed by atoms with E-state index in [1.807, 2.05) is 92.7 Å². The Kier molecular flexibility index (Phi) is 5.93. The first kappa shape index (κ1) is 19.1. The first-order valence-electron chi connectivity index (χ1n) is 9.10. The predicted octanol–water partition coefficient (Wildman–Crippen LogP) is 4.41. The van der Waals surface area contributed by atoms with E-state index < -0.39 is 12.9 Å². The van der Waals surface area contributed by atoms with E-state index in [0.717, 1.165) is 10.6 Å². The second-order valence-corrected chi connectivity index (χ2v) is 9.76. The Balaban J connectivity index is 2.08. The molecule has 3 nitrogen and oxygen atoms in total. The summed E-state index contributed by atoms with van der Waals surface area (Å²) >= 11 is 0. The van der Waals surface area contributed by atoms with E-state index >= 15 is 0 Å². The summed E-state index contributed by atoms with van der Waals surface area (Å²) in [7, 11) is -3.10. The van der Waals surface area contributed by atoms with Crippen molar-refractivity contribution in [1.82, 2.24) is 5.32 Å². The van der Waals surface area contributed by atoms with Gasteiger partial charge in [0, 0.05) is 16.2 Å². The molecule has 0 aliphatic carbocycles. The van der Waals surface area contributed by atoms with Crippen molar-refractivity contribution in [2.24, 2.45) is 5.92 Å². The topological polar surface area (TPSA) is 46.2 Å². The number of hydrogen-bond donors (Lipinski definition) is 1. The molecule has 0 bridgehead atoms. The molecule has 0 aliphatic heterocycles. The van der Waals surface area contributed by atoms with Crippen molar-refractivity contribution in [3.63, 3.8) is 0 Å². The van der Waals surface area contributed by atoms with Crippen LogP contribution in [0.4, 0.5) is 0 Å². The monoisotopic (exact) mass is 377 g/mol. The molecular weight excluding hydrogens is 353 g/mol. The standard InChI is InChI=1S/C23H24NO2P/c1-18(2)23(24-22(25)19-12-6-3-7-13-19)27(26,20-14-8-4-9-15-20)21-16-10-5-11-17-21/h3-18,23H,1-2H3,(H,24,25). The van der Waals surface area contributed by atoms with Gasteiger partial charge in [0.25, 0.3) is 5.91 Å². The Bertz CT molecular complexity index is 881. The first-order chi connectivity index (χ1) is 13.0. The SMILES string of the molecule is CC(C)C(NC(=O)c1ccccc1)P(=O)(c1ccccc1)c1ccccc1. The van der Waals surface area contributed by atoms with Crippen LogP contribution < -0.4 is 15.9 Å². The fraction of sp³-hybridized carbons (Fsp3) is 0.174. The minimum Gasteiger partial charge on any atom is -0.341 e. The van der Waals surface area contributed by atoms with E-state index in [9.17, 15) is 9.36 Å². The van der Waals surface area contributed by atoms with E-state index in [1.54, 1.807) is 12.1 Å². The largest absolute Gasteiger partial charge is 0.341 e. The van der Waals surface area contributed by atoms with Crippen molar-refractivity contribution < 1.29 is 9.36 Å². The highest BCUT2D eigenvalue weighted by molar-refractivity contribution is 7.79. The predicted molar refractivity (Wildman–Crippen MR) is 112 cm³/mol. The fourth-order valence-electron chi connectivity index (χ4n) is 3.25. The van der Waals surface area contributed by atoms with Crippen LogP contribution in [-0.2, 0) is 4.57 Å². The molecule has 0 aliphatic rings. The summed E-state index contributed by atoms with van der Waals surface area (Å²) < 4.78 is 14.5.